The Bertz CT molecular complexity index is 81.0. The van der Waals surface area contributed by atoms with Gasteiger partial charge in [-0.05, 0) is 0 Å². The van der Waals surface area contributed by atoms with E-state index in [-0.39, 0.29) is 17.4 Å². The molecule has 0 saturated heterocycles. The molecule has 0 aliphatic carbocycles. The van der Waals surface area contributed by atoms with Crippen LogP contribution >= 0.6 is 0 Å². The average Bonchev–Trinajstić information content (AvgIpc) is 1.88. The molecular weight excluding hydrogens is 218 g/mol. The van der Waals surface area contributed by atoms with Gasteiger partial charge in [0.2, 0.25) is 0 Å². The third-order valence-electron chi connectivity index (χ3n) is 0. The molecule has 0 amide bonds. The molecule has 11 heteroatoms. The summed E-state index contributed by atoms with van der Waals surface area (Å²) in [5.41, 5.74) is 0. The fourth-order valence-corrected chi connectivity index (χ4v) is 0. The van der Waals surface area contributed by atoms with E-state index in [1.807, 2.05) is 0 Å². The number of rotatable bonds is 0. The van der Waals surface area contributed by atoms with E-state index in [0.717, 1.165) is 0 Å². The quantitative estimate of drug-likeness (QED) is 0.265. The predicted molar refractivity (Wildman–Crippen MR) is 36.4 cm³/mol. The van der Waals surface area contributed by atoms with Gasteiger partial charge in [-0.15, -0.1) is 0 Å². The van der Waals surface area contributed by atoms with E-state index in [1.54, 1.807) is 0 Å². The van der Waals surface area contributed by atoms with Crippen LogP contribution in [0.25, 0.3) is 0 Å². The van der Waals surface area contributed by atoms with Gasteiger partial charge in [-0.1, -0.05) is 0 Å². The van der Waals surface area contributed by atoms with Crippen molar-refractivity contribution in [1.29, 1.82) is 0 Å². The van der Waals surface area contributed by atoms with Gasteiger partial charge in [0.15, 0.2) is 0 Å². The Kier molecular flexibility index (Phi) is 123. The van der Waals surface area contributed by atoms with Gasteiger partial charge >= 0.3 is 24.7 Å². The first-order valence-electron chi connectivity index (χ1n) is 2.19. The maximum atomic E-state index is 8.25. The fraction of sp³-hybridized carbons (Fsp3) is 0. The molecule has 0 aromatic rings. The summed E-state index contributed by atoms with van der Waals surface area (Å²) < 4.78 is 0. The van der Waals surface area contributed by atoms with Crippen LogP contribution in [0.2, 0.25) is 0 Å². The number of carbonyl (C=O) groups excluding carboxylic acids is 3. The summed E-state index contributed by atoms with van der Waals surface area (Å²) in [6, 6.07) is 0. The van der Waals surface area contributed by atoms with Crippen LogP contribution in [0.15, 0.2) is 0 Å². The van der Waals surface area contributed by atoms with Crippen molar-refractivity contribution in [3.63, 3.8) is 0 Å². The van der Waals surface area contributed by atoms with Crippen LogP contribution in [0.1, 0.15) is 0 Å². The van der Waals surface area contributed by atoms with Crippen LogP contribution in [-0.4, -0.2) is 59.2 Å². The van der Waals surface area contributed by atoms with Crippen LogP contribution in [-0.2, 0) is 14.4 Å². The summed E-state index contributed by atoms with van der Waals surface area (Å²) in [5.74, 6) is 0. The van der Waals surface area contributed by atoms with E-state index in [2.05, 4.69) is 0 Å². The Morgan fingerprint density at radius 2 is 0.786 bits per heavy atom. The number of carboxylic acid groups (broad SMARTS) is 3. The molecule has 78 valence electrons. The molecule has 0 fully saturated rings. The largest absolute Gasteiger partial charge is 3.00 e. The van der Waals surface area contributed by atoms with Gasteiger partial charge in [0, 0.05) is 19.4 Å². The van der Waals surface area contributed by atoms with E-state index < -0.39 is 26.7 Å². The van der Waals surface area contributed by atoms with Crippen LogP contribution in [0.4, 0.5) is 0 Å². The molecule has 0 radical (unpaired) electrons. The van der Waals surface area contributed by atoms with Crippen molar-refractivity contribution in [1.82, 2.24) is 0 Å². The van der Waals surface area contributed by atoms with Gasteiger partial charge in [0.05, 0.1) is 0 Å². The number of carbonyl (C=O) groups is 3. The first-order chi connectivity index (χ1) is 5.97. The molecule has 0 aromatic carbocycles. The minimum atomic E-state index is -2.17. The van der Waals surface area contributed by atoms with Crippen LogP contribution in [0.5, 0.6) is 0 Å². The summed E-state index contributed by atoms with van der Waals surface area (Å²) in [7, 11) is -2.17. The van der Waals surface area contributed by atoms with E-state index in [4.69, 9.17) is 44.8 Å². The summed E-state index contributed by atoms with van der Waals surface area (Å²) in [6.45, 7) is -1.50. The van der Waals surface area contributed by atoms with Crippen molar-refractivity contribution < 1.29 is 44.8 Å². The predicted octanol–water partition coefficient (Wildman–Crippen LogP) is -7.33. The Labute approximate surface area is 89.5 Å². The van der Waals surface area contributed by atoms with Crippen molar-refractivity contribution in [2.75, 3.05) is 0 Å². The molecule has 0 aliphatic rings. The zero-order chi connectivity index (χ0) is 11.7. The van der Waals surface area contributed by atoms with Crippen LogP contribution in [0.3, 0.4) is 0 Å². The van der Waals surface area contributed by atoms with Crippen LogP contribution < -0.4 is 15.3 Å². The number of hydrogen-bond acceptors (Lipinski definition) is 9. The van der Waals surface area contributed by atoms with Gasteiger partial charge in [0.1, 0.15) is 0 Å². The molecule has 0 heterocycles. The maximum Gasteiger partial charge on any atom is 3.00 e. The third kappa shape index (κ3) is 860. The summed E-state index contributed by atoms with van der Waals surface area (Å²) in [6.07, 6.45) is 0. The van der Waals surface area contributed by atoms with Crippen molar-refractivity contribution >= 4 is 44.1 Å². The Morgan fingerprint density at radius 3 is 0.786 bits per heavy atom. The monoisotopic (exact) mass is 224 g/mol. The molecule has 0 unspecified atom stereocenters. The van der Waals surface area contributed by atoms with E-state index >= 15 is 0 Å². The third-order valence-corrected chi connectivity index (χ3v) is 0. The minimum absolute atomic E-state index is 0. The molecule has 3 N–H and O–H groups in total. The minimum Gasteiger partial charge on any atom is -0.554 e. The zero-order valence-electron chi connectivity index (χ0n) is 6.68. The Balaban J connectivity index is -0.0000000254. The SMILES string of the molecule is O=C[O-].O=C[O-].O=C[O-].OB(O)O.[Al+3]. The second kappa shape index (κ2) is 59.0. The van der Waals surface area contributed by atoms with Crippen LogP contribution in [0, 0.1) is 0 Å². The van der Waals surface area contributed by atoms with Gasteiger partial charge < -0.3 is 44.8 Å². The van der Waals surface area contributed by atoms with Gasteiger partial charge in [-0.3, -0.25) is 0 Å². The molecule has 14 heavy (non-hydrogen) atoms. The molecule has 0 rings (SSSR count). The van der Waals surface area contributed by atoms with E-state index in [9.17, 15) is 0 Å². The molecule has 0 aromatic heterocycles. The van der Waals surface area contributed by atoms with Gasteiger partial charge in [-0.2, -0.15) is 0 Å². The summed E-state index contributed by atoms with van der Waals surface area (Å²) in [5, 5.41) is 46.2. The van der Waals surface area contributed by atoms with E-state index in [0.29, 0.717) is 0 Å². The van der Waals surface area contributed by atoms with Gasteiger partial charge in [0.25, 0.3) is 0 Å². The smallest absolute Gasteiger partial charge is 0.554 e. The normalized spacial score (nSPS) is 4.50. The zero-order valence-corrected chi connectivity index (χ0v) is 7.83. The first-order valence-corrected chi connectivity index (χ1v) is 2.19. The topological polar surface area (TPSA) is 181 Å². The second-order valence-electron chi connectivity index (χ2n) is 0.635. The van der Waals surface area contributed by atoms with Crippen molar-refractivity contribution in [3.8, 4) is 0 Å². The second-order valence-corrected chi connectivity index (χ2v) is 0.635. The van der Waals surface area contributed by atoms with E-state index in [1.165, 1.54) is 0 Å². The molecule has 0 saturated carbocycles. The molecule has 0 bridgehead atoms. The molecular formula is C3H6AlBO9. The summed E-state index contributed by atoms with van der Waals surface area (Å²) >= 11 is 0. The molecule has 9 nitrogen and oxygen atoms in total. The molecule has 0 spiro atoms. The van der Waals surface area contributed by atoms with Crippen molar-refractivity contribution in [2.24, 2.45) is 0 Å². The molecule has 0 aliphatic heterocycles. The molecule has 0 atom stereocenters. The Hall–Kier alpha value is -1.11. The van der Waals surface area contributed by atoms with Crippen molar-refractivity contribution in [2.45, 2.75) is 0 Å². The van der Waals surface area contributed by atoms with Crippen molar-refractivity contribution in [3.05, 3.63) is 0 Å². The Morgan fingerprint density at radius 1 is 0.786 bits per heavy atom. The number of hydrogen-bond donors (Lipinski definition) is 3. The first kappa shape index (κ1) is 29.3. The fourth-order valence-electron chi connectivity index (χ4n) is 0. The standard InChI is InChI=1S/3CH2O2.Al.BH3O3/c3*2-1-3;;2-1(3)4/h3*1H,(H,2,3);;2-4H/q;;;+3;/p-3. The maximum absolute atomic E-state index is 8.25. The van der Waals surface area contributed by atoms with Gasteiger partial charge in [-0.25, -0.2) is 0 Å². The summed E-state index contributed by atoms with van der Waals surface area (Å²) in [4.78, 5) is 24.8. The average molecular weight is 224 g/mol.